The molecule has 138 valence electrons. The lowest BCUT2D eigenvalue weighted by Crippen LogP contribution is -2.49. The van der Waals surface area contributed by atoms with Crippen molar-refractivity contribution in [3.8, 4) is 0 Å². The highest BCUT2D eigenvalue weighted by atomic mass is 79.9. The van der Waals surface area contributed by atoms with Crippen LogP contribution in [-0.2, 0) is 4.74 Å². The molecule has 1 saturated heterocycles. The second-order valence-electron chi connectivity index (χ2n) is 6.53. The SMILES string of the molecule is C[C@@H]1[C@H](c2ccc(Br)cc2)OCCN1C(=O)c1n[nH]c(=O)c2ccccc12. The van der Waals surface area contributed by atoms with Gasteiger partial charge in [-0.3, -0.25) is 9.59 Å². The predicted molar refractivity (Wildman–Crippen MR) is 106 cm³/mol. The van der Waals surface area contributed by atoms with Gasteiger partial charge in [-0.15, -0.1) is 0 Å². The first kappa shape index (κ1) is 17.9. The summed E-state index contributed by atoms with van der Waals surface area (Å²) in [6.45, 7) is 2.89. The second kappa shape index (κ2) is 7.25. The fraction of sp³-hybridized carbons (Fsp3) is 0.250. The van der Waals surface area contributed by atoms with Crippen molar-refractivity contribution < 1.29 is 9.53 Å². The molecule has 0 spiro atoms. The molecule has 6 nitrogen and oxygen atoms in total. The molecule has 7 heteroatoms. The van der Waals surface area contributed by atoms with Crippen molar-refractivity contribution in [1.82, 2.24) is 15.1 Å². The van der Waals surface area contributed by atoms with E-state index in [1.54, 1.807) is 29.2 Å². The summed E-state index contributed by atoms with van der Waals surface area (Å²) in [6, 6.07) is 14.8. The first-order valence-electron chi connectivity index (χ1n) is 8.71. The minimum absolute atomic E-state index is 0.167. The molecule has 0 aliphatic carbocycles. The van der Waals surface area contributed by atoms with Crippen molar-refractivity contribution in [2.24, 2.45) is 0 Å². The Morgan fingerprint density at radius 3 is 2.63 bits per heavy atom. The molecule has 1 fully saturated rings. The Bertz CT molecular complexity index is 1050. The third kappa shape index (κ3) is 3.28. The lowest BCUT2D eigenvalue weighted by atomic mass is 10.00. The number of carbonyl (C=O) groups excluding carboxylic acids is 1. The van der Waals surface area contributed by atoms with Crippen LogP contribution < -0.4 is 5.56 Å². The third-order valence-electron chi connectivity index (χ3n) is 4.92. The fourth-order valence-electron chi connectivity index (χ4n) is 3.51. The predicted octanol–water partition coefficient (Wildman–Crippen LogP) is 3.29. The van der Waals surface area contributed by atoms with E-state index < -0.39 is 0 Å². The van der Waals surface area contributed by atoms with Gasteiger partial charge in [0.1, 0.15) is 6.10 Å². The number of nitrogens with zero attached hydrogens (tertiary/aromatic N) is 2. The topological polar surface area (TPSA) is 75.3 Å². The zero-order valence-electron chi connectivity index (χ0n) is 14.7. The quantitative estimate of drug-likeness (QED) is 0.680. The molecular formula is C20H18BrN3O3. The Balaban J connectivity index is 1.69. The van der Waals surface area contributed by atoms with Gasteiger partial charge in [-0.05, 0) is 30.7 Å². The summed E-state index contributed by atoms with van der Waals surface area (Å²) < 4.78 is 6.94. The molecule has 0 saturated carbocycles. The number of aromatic amines is 1. The maximum atomic E-state index is 13.2. The zero-order valence-corrected chi connectivity index (χ0v) is 16.3. The maximum absolute atomic E-state index is 13.2. The van der Waals surface area contributed by atoms with Gasteiger partial charge in [0.25, 0.3) is 11.5 Å². The van der Waals surface area contributed by atoms with E-state index in [0.29, 0.717) is 23.9 Å². The van der Waals surface area contributed by atoms with E-state index in [0.717, 1.165) is 10.0 Å². The second-order valence-corrected chi connectivity index (χ2v) is 7.44. The molecule has 0 bridgehead atoms. The first-order valence-corrected chi connectivity index (χ1v) is 9.51. The zero-order chi connectivity index (χ0) is 19.0. The number of H-pyrrole nitrogens is 1. The van der Waals surface area contributed by atoms with Crippen LogP contribution >= 0.6 is 15.9 Å². The van der Waals surface area contributed by atoms with E-state index in [2.05, 4.69) is 26.1 Å². The van der Waals surface area contributed by atoms with E-state index in [1.165, 1.54) is 0 Å². The van der Waals surface area contributed by atoms with Gasteiger partial charge in [-0.1, -0.05) is 46.3 Å². The van der Waals surface area contributed by atoms with E-state index in [9.17, 15) is 9.59 Å². The van der Waals surface area contributed by atoms with Crippen LogP contribution in [0.25, 0.3) is 10.8 Å². The van der Waals surface area contributed by atoms with Gasteiger partial charge in [0.15, 0.2) is 5.69 Å². The normalized spacial score (nSPS) is 20.0. The van der Waals surface area contributed by atoms with Gasteiger partial charge in [0, 0.05) is 16.4 Å². The highest BCUT2D eigenvalue weighted by molar-refractivity contribution is 9.10. The van der Waals surface area contributed by atoms with E-state index in [-0.39, 0.29) is 29.3 Å². The Morgan fingerprint density at radius 1 is 1.19 bits per heavy atom. The lowest BCUT2D eigenvalue weighted by Gasteiger charge is -2.39. The Hall–Kier alpha value is -2.51. The number of benzene rings is 2. The molecule has 1 aliphatic heterocycles. The summed E-state index contributed by atoms with van der Waals surface area (Å²) in [4.78, 5) is 27.0. The summed E-state index contributed by atoms with van der Waals surface area (Å²) in [6.07, 6.45) is -0.218. The van der Waals surface area contributed by atoms with E-state index in [1.807, 2.05) is 31.2 Å². The highest BCUT2D eigenvalue weighted by Gasteiger charge is 2.34. The van der Waals surface area contributed by atoms with Crippen molar-refractivity contribution in [3.63, 3.8) is 0 Å². The Morgan fingerprint density at radius 2 is 1.89 bits per heavy atom. The molecule has 2 heterocycles. The van der Waals surface area contributed by atoms with Crippen LogP contribution in [0.4, 0.5) is 0 Å². The summed E-state index contributed by atoms with van der Waals surface area (Å²) in [7, 11) is 0. The van der Waals surface area contributed by atoms with E-state index >= 15 is 0 Å². The Labute approximate surface area is 164 Å². The minimum atomic E-state index is -0.301. The molecule has 1 amide bonds. The average molecular weight is 428 g/mol. The van der Waals surface area contributed by atoms with Crippen LogP contribution in [-0.4, -0.2) is 40.2 Å². The third-order valence-corrected chi connectivity index (χ3v) is 5.45. The smallest absolute Gasteiger partial charge is 0.275 e. The molecule has 27 heavy (non-hydrogen) atoms. The molecule has 2 aromatic carbocycles. The van der Waals surface area contributed by atoms with Crippen molar-refractivity contribution in [3.05, 3.63) is 74.6 Å². The molecule has 1 N–H and O–H groups in total. The largest absolute Gasteiger partial charge is 0.370 e. The van der Waals surface area contributed by atoms with Gasteiger partial charge in [0.05, 0.1) is 18.0 Å². The van der Waals surface area contributed by atoms with Crippen LogP contribution in [0.3, 0.4) is 0 Å². The van der Waals surface area contributed by atoms with Gasteiger partial charge in [0.2, 0.25) is 0 Å². The number of nitrogens with one attached hydrogen (secondary N) is 1. The molecule has 1 aliphatic rings. The number of hydrogen-bond acceptors (Lipinski definition) is 4. The molecule has 0 unspecified atom stereocenters. The number of halogens is 1. The van der Waals surface area contributed by atoms with Crippen LogP contribution in [0.2, 0.25) is 0 Å². The first-order chi connectivity index (χ1) is 13.1. The summed E-state index contributed by atoms with van der Waals surface area (Å²) in [5.74, 6) is -0.208. The summed E-state index contributed by atoms with van der Waals surface area (Å²) in [5.41, 5.74) is 0.973. The number of morpholine rings is 1. The maximum Gasteiger partial charge on any atom is 0.275 e. The summed E-state index contributed by atoms with van der Waals surface area (Å²) >= 11 is 3.44. The number of ether oxygens (including phenoxy) is 1. The molecule has 1 aromatic heterocycles. The molecule has 2 atom stereocenters. The number of fused-ring (bicyclic) bond motifs is 1. The van der Waals surface area contributed by atoms with Crippen molar-refractivity contribution in [1.29, 1.82) is 0 Å². The van der Waals surface area contributed by atoms with Crippen molar-refractivity contribution in [2.75, 3.05) is 13.2 Å². The fourth-order valence-corrected chi connectivity index (χ4v) is 3.78. The molecule has 3 aromatic rings. The minimum Gasteiger partial charge on any atom is -0.370 e. The molecule has 0 radical (unpaired) electrons. The van der Waals surface area contributed by atoms with Crippen molar-refractivity contribution in [2.45, 2.75) is 19.1 Å². The summed E-state index contributed by atoms with van der Waals surface area (Å²) in [5, 5.41) is 7.51. The highest BCUT2D eigenvalue weighted by Crippen LogP contribution is 2.30. The standard InChI is InChI=1S/C20H18BrN3O3/c1-12-18(13-6-8-14(21)9-7-13)27-11-10-24(12)20(26)17-15-4-2-3-5-16(15)19(25)23-22-17/h2-9,12,18H,10-11H2,1H3,(H,23,25)/t12-,18-/m1/s1. The number of amides is 1. The van der Waals surface area contributed by atoms with Gasteiger partial charge >= 0.3 is 0 Å². The average Bonchev–Trinajstić information content (AvgIpc) is 2.69. The van der Waals surface area contributed by atoms with Crippen LogP contribution in [0.1, 0.15) is 29.1 Å². The Kier molecular flexibility index (Phi) is 4.80. The van der Waals surface area contributed by atoms with Crippen LogP contribution in [0, 0.1) is 0 Å². The lowest BCUT2D eigenvalue weighted by molar-refractivity contribution is -0.0553. The number of hydrogen-bond donors (Lipinski definition) is 1. The van der Waals surface area contributed by atoms with Gasteiger partial charge in [-0.25, -0.2) is 5.10 Å². The van der Waals surface area contributed by atoms with E-state index in [4.69, 9.17) is 4.74 Å². The van der Waals surface area contributed by atoms with Crippen molar-refractivity contribution >= 4 is 32.6 Å². The number of aromatic nitrogens is 2. The van der Waals surface area contributed by atoms with Crippen LogP contribution in [0.5, 0.6) is 0 Å². The molecular weight excluding hydrogens is 410 g/mol. The molecule has 4 rings (SSSR count). The monoisotopic (exact) mass is 427 g/mol. The van der Waals surface area contributed by atoms with Gasteiger partial charge < -0.3 is 9.64 Å². The van der Waals surface area contributed by atoms with Gasteiger partial charge in [-0.2, -0.15) is 5.10 Å². The number of rotatable bonds is 2. The van der Waals surface area contributed by atoms with Crippen LogP contribution in [0.15, 0.2) is 57.8 Å². The number of carbonyl (C=O) groups is 1.